The van der Waals surface area contributed by atoms with Gasteiger partial charge in [-0.2, -0.15) is 10.5 Å². The quantitative estimate of drug-likeness (QED) is 0.826. The third kappa shape index (κ3) is 2.92. The summed E-state index contributed by atoms with van der Waals surface area (Å²) in [5, 5.41) is 18.3. The molecule has 0 bridgehead atoms. The Morgan fingerprint density at radius 2 is 2.05 bits per heavy atom. The molecule has 1 saturated heterocycles. The van der Waals surface area contributed by atoms with Crippen molar-refractivity contribution in [2.45, 2.75) is 31.8 Å². The zero-order chi connectivity index (χ0) is 14.5. The van der Waals surface area contributed by atoms with E-state index in [0.29, 0.717) is 18.0 Å². The molecule has 0 aromatic heterocycles. The van der Waals surface area contributed by atoms with Crippen LogP contribution in [-0.4, -0.2) is 37.1 Å². The van der Waals surface area contributed by atoms with Crippen molar-refractivity contribution in [3.63, 3.8) is 0 Å². The van der Waals surface area contributed by atoms with Gasteiger partial charge in [-0.05, 0) is 32.5 Å². The van der Waals surface area contributed by atoms with Gasteiger partial charge in [-0.1, -0.05) is 12.1 Å². The van der Waals surface area contributed by atoms with Gasteiger partial charge in [0.25, 0.3) is 0 Å². The van der Waals surface area contributed by atoms with E-state index in [4.69, 9.17) is 5.26 Å². The maximum absolute atomic E-state index is 9.25. The van der Waals surface area contributed by atoms with E-state index in [-0.39, 0.29) is 6.04 Å². The normalized spacial score (nSPS) is 23.7. The lowest BCUT2D eigenvalue weighted by molar-refractivity contribution is 0.199. The Hall–Kier alpha value is -2.04. The molecule has 20 heavy (non-hydrogen) atoms. The van der Waals surface area contributed by atoms with Crippen molar-refractivity contribution in [2.75, 3.05) is 25.0 Å². The molecule has 1 heterocycles. The lowest BCUT2D eigenvalue weighted by Crippen LogP contribution is -2.41. The summed E-state index contributed by atoms with van der Waals surface area (Å²) in [7, 11) is 2.09. The number of benzene rings is 1. The number of nitriles is 2. The van der Waals surface area contributed by atoms with Crippen LogP contribution in [0.4, 0.5) is 5.69 Å². The van der Waals surface area contributed by atoms with Crippen LogP contribution in [0, 0.1) is 22.7 Å². The molecule has 0 radical (unpaired) electrons. The van der Waals surface area contributed by atoms with Crippen LogP contribution in [0.3, 0.4) is 0 Å². The van der Waals surface area contributed by atoms with Gasteiger partial charge in [0.1, 0.15) is 6.07 Å². The highest BCUT2D eigenvalue weighted by Crippen LogP contribution is 2.25. The highest BCUT2D eigenvalue weighted by molar-refractivity contribution is 5.59. The summed E-state index contributed by atoms with van der Waals surface area (Å²) in [6.07, 6.45) is 1.56. The van der Waals surface area contributed by atoms with Crippen LogP contribution in [0.2, 0.25) is 0 Å². The molecule has 1 aliphatic rings. The average molecular weight is 268 g/mol. The SMILES string of the molecule is CC1CCN(c2ccccc2C#N)CC(CC#N)N1C. The van der Waals surface area contributed by atoms with Crippen LogP contribution in [0.5, 0.6) is 0 Å². The summed E-state index contributed by atoms with van der Waals surface area (Å²) in [6.45, 7) is 3.92. The van der Waals surface area contributed by atoms with Crippen molar-refractivity contribution >= 4 is 5.69 Å². The number of likely N-dealkylation sites (N-methyl/N-ethyl adjacent to an activating group) is 1. The van der Waals surface area contributed by atoms with Gasteiger partial charge in [0.05, 0.1) is 23.7 Å². The molecular formula is C16H20N4. The van der Waals surface area contributed by atoms with E-state index >= 15 is 0 Å². The van der Waals surface area contributed by atoms with E-state index in [1.807, 2.05) is 24.3 Å². The fourth-order valence-corrected chi connectivity index (χ4v) is 2.76. The second-order valence-corrected chi connectivity index (χ2v) is 5.39. The minimum atomic E-state index is 0.212. The molecule has 4 nitrogen and oxygen atoms in total. The maximum atomic E-state index is 9.25. The smallest absolute Gasteiger partial charge is 0.101 e. The second kappa shape index (κ2) is 6.41. The summed E-state index contributed by atoms with van der Waals surface area (Å²) in [5.74, 6) is 0. The van der Waals surface area contributed by atoms with E-state index in [1.165, 1.54) is 0 Å². The number of para-hydroxylation sites is 1. The summed E-state index contributed by atoms with van der Waals surface area (Å²) in [4.78, 5) is 4.54. The molecule has 0 amide bonds. The molecule has 0 N–H and O–H groups in total. The monoisotopic (exact) mass is 268 g/mol. The molecule has 1 aromatic rings. The number of hydrogen-bond acceptors (Lipinski definition) is 4. The number of anilines is 1. The van der Waals surface area contributed by atoms with Crippen molar-refractivity contribution in [3.8, 4) is 12.1 Å². The van der Waals surface area contributed by atoms with Crippen LogP contribution in [0.1, 0.15) is 25.3 Å². The maximum Gasteiger partial charge on any atom is 0.101 e. The molecular weight excluding hydrogens is 248 g/mol. The Labute approximate surface area is 120 Å². The average Bonchev–Trinajstić information content (AvgIpc) is 2.61. The molecule has 0 spiro atoms. The van der Waals surface area contributed by atoms with Gasteiger partial charge in [-0.15, -0.1) is 0 Å². The van der Waals surface area contributed by atoms with E-state index < -0.39 is 0 Å². The first kappa shape index (κ1) is 14.4. The molecule has 1 aliphatic heterocycles. The highest BCUT2D eigenvalue weighted by atomic mass is 15.2. The van der Waals surface area contributed by atoms with Crippen molar-refractivity contribution in [2.24, 2.45) is 0 Å². The first-order chi connectivity index (χ1) is 9.67. The molecule has 1 aromatic carbocycles. The van der Waals surface area contributed by atoms with Gasteiger partial charge >= 0.3 is 0 Å². The van der Waals surface area contributed by atoms with Crippen LogP contribution in [-0.2, 0) is 0 Å². The predicted molar refractivity (Wildman–Crippen MR) is 79.2 cm³/mol. The molecule has 4 heteroatoms. The zero-order valence-corrected chi connectivity index (χ0v) is 12.1. The largest absolute Gasteiger partial charge is 0.369 e. The van der Waals surface area contributed by atoms with Gasteiger partial charge in [-0.25, -0.2) is 0 Å². The Morgan fingerprint density at radius 1 is 1.30 bits per heavy atom. The minimum absolute atomic E-state index is 0.212. The van der Waals surface area contributed by atoms with Crippen LogP contribution in [0.25, 0.3) is 0 Å². The van der Waals surface area contributed by atoms with E-state index in [9.17, 15) is 5.26 Å². The van der Waals surface area contributed by atoms with E-state index in [0.717, 1.165) is 25.2 Å². The summed E-state index contributed by atoms with van der Waals surface area (Å²) in [5.41, 5.74) is 1.70. The standard InChI is InChI=1S/C16H20N4/c1-13-8-10-20(12-15(7-9-17)19(13)2)16-6-4-3-5-14(16)11-18/h3-6,13,15H,7-8,10,12H2,1-2H3. The van der Waals surface area contributed by atoms with E-state index in [2.05, 4.69) is 35.9 Å². The van der Waals surface area contributed by atoms with Gasteiger partial charge in [0.2, 0.25) is 0 Å². The number of rotatable bonds is 2. The van der Waals surface area contributed by atoms with Crippen LogP contribution >= 0.6 is 0 Å². The fourth-order valence-electron chi connectivity index (χ4n) is 2.76. The summed E-state index contributed by atoms with van der Waals surface area (Å²) >= 11 is 0. The molecule has 0 aliphatic carbocycles. The number of hydrogen-bond donors (Lipinski definition) is 0. The number of nitrogens with zero attached hydrogens (tertiary/aromatic N) is 4. The van der Waals surface area contributed by atoms with Crippen molar-refractivity contribution < 1.29 is 0 Å². The van der Waals surface area contributed by atoms with Gasteiger partial charge in [-0.3, -0.25) is 4.90 Å². The Kier molecular flexibility index (Phi) is 4.61. The van der Waals surface area contributed by atoms with E-state index in [1.54, 1.807) is 0 Å². The lowest BCUT2D eigenvalue weighted by atomic mass is 10.1. The van der Waals surface area contributed by atoms with Gasteiger partial charge < -0.3 is 4.90 Å². The Morgan fingerprint density at radius 3 is 2.75 bits per heavy atom. The first-order valence-corrected chi connectivity index (χ1v) is 7.00. The molecule has 2 rings (SSSR count). The summed E-state index contributed by atoms with van der Waals surface area (Å²) < 4.78 is 0. The Bertz CT molecular complexity index is 540. The Balaban J connectivity index is 2.28. The molecule has 2 unspecified atom stereocenters. The third-order valence-corrected chi connectivity index (χ3v) is 4.21. The second-order valence-electron chi connectivity index (χ2n) is 5.39. The van der Waals surface area contributed by atoms with Crippen molar-refractivity contribution in [1.82, 2.24) is 4.90 Å². The van der Waals surface area contributed by atoms with Crippen LogP contribution in [0.15, 0.2) is 24.3 Å². The van der Waals surface area contributed by atoms with Gasteiger partial charge in [0.15, 0.2) is 0 Å². The molecule has 0 saturated carbocycles. The molecule has 104 valence electrons. The zero-order valence-electron chi connectivity index (χ0n) is 12.1. The predicted octanol–water partition coefficient (Wildman–Crippen LogP) is 2.37. The third-order valence-electron chi connectivity index (χ3n) is 4.21. The first-order valence-electron chi connectivity index (χ1n) is 7.00. The fraction of sp³-hybridized carbons (Fsp3) is 0.500. The topological polar surface area (TPSA) is 54.1 Å². The molecule has 2 atom stereocenters. The van der Waals surface area contributed by atoms with Crippen molar-refractivity contribution in [1.29, 1.82) is 10.5 Å². The minimum Gasteiger partial charge on any atom is -0.369 e. The van der Waals surface area contributed by atoms with Crippen molar-refractivity contribution in [3.05, 3.63) is 29.8 Å². The van der Waals surface area contributed by atoms with Crippen LogP contribution < -0.4 is 4.90 Å². The summed E-state index contributed by atoms with van der Waals surface area (Å²) in [6, 6.07) is 12.9. The van der Waals surface area contributed by atoms with Gasteiger partial charge in [0, 0.05) is 25.2 Å². The molecule has 1 fully saturated rings. The highest BCUT2D eigenvalue weighted by Gasteiger charge is 2.27. The lowest BCUT2D eigenvalue weighted by Gasteiger charge is -2.30.